The Labute approximate surface area is 150 Å². The maximum Gasteiger partial charge on any atom is 0.197 e. The van der Waals surface area contributed by atoms with Crippen molar-refractivity contribution in [2.24, 2.45) is 0 Å². The van der Waals surface area contributed by atoms with Gasteiger partial charge in [-0.25, -0.2) is 0 Å². The van der Waals surface area contributed by atoms with Crippen molar-refractivity contribution in [3.8, 4) is 22.8 Å². The molecule has 134 valence electrons. The molecule has 0 saturated heterocycles. The van der Waals surface area contributed by atoms with Crippen LogP contribution in [0.2, 0.25) is 0 Å². The number of fused-ring (bicyclic) bond motifs is 1. The molecule has 0 atom stereocenters. The molecule has 1 aromatic heterocycles. The molecular formula is C21H20O5. The highest BCUT2D eigenvalue weighted by Gasteiger charge is 2.18. The van der Waals surface area contributed by atoms with Gasteiger partial charge in [-0.3, -0.25) is 4.79 Å². The molecule has 1 heterocycles. The molecule has 3 rings (SSSR count). The van der Waals surface area contributed by atoms with Crippen molar-refractivity contribution >= 4 is 17.0 Å². The summed E-state index contributed by atoms with van der Waals surface area (Å²) in [6, 6.07) is 12.0. The summed E-state index contributed by atoms with van der Waals surface area (Å²) < 4.78 is 11.2. The van der Waals surface area contributed by atoms with Gasteiger partial charge in [0.25, 0.3) is 0 Å². The molecule has 5 nitrogen and oxygen atoms in total. The average molecular weight is 352 g/mol. The van der Waals surface area contributed by atoms with Crippen molar-refractivity contribution in [1.82, 2.24) is 0 Å². The van der Waals surface area contributed by atoms with Gasteiger partial charge in [-0.1, -0.05) is 36.4 Å². The third-order valence-corrected chi connectivity index (χ3v) is 3.92. The first kappa shape index (κ1) is 17.8. The van der Waals surface area contributed by atoms with Gasteiger partial charge < -0.3 is 19.4 Å². The number of rotatable bonds is 4. The van der Waals surface area contributed by atoms with Crippen molar-refractivity contribution in [3.05, 3.63) is 64.3 Å². The number of ether oxygens (including phenoxy) is 1. The van der Waals surface area contributed by atoms with Gasteiger partial charge in [-0.2, -0.15) is 0 Å². The predicted octanol–water partition coefficient (Wildman–Crippen LogP) is 3.96. The van der Waals surface area contributed by atoms with E-state index in [0.29, 0.717) is 11.3 Å². The fourth-order valence-electron chi connectivity index (χ4n) is 2.66. The molecule has 2 N–H and O–H groups in total. The molecule has 0 aliphatic rings. The van der Waals surface area contributed by atoms with E-state index in [9.17, 15) is 15.0 Å². The minimum Gasteiger partial charge on any atom is -0.507 e. The summed E-state index contributed by atoms with van der Waals surface area (Å²) in [5, 5.41) is 20.6. The van der Waals surface area contributed by atoms with E-state index in [1.165, 1.54) is 31.4 Å². The number of phenols is 1. The van der Waals surface area contributed by atoms with Crippen LogP contribution in [-0.4, -0.2) is 22.9 Å². The summed E-state index contributed by atoms with van der Waals surface area (Å²) in [4.78, 5) is 12.7. The first-order chi connectivity index (χ1) is 12.3. The minimum absolute atomic E-state index is 0.108. The zero-order valence-corrected chi connectivity index (χ0v) is 14.8. The van der Waals surface area contributed by atoms with Gasteiger partial charge in [0, 0.05) is 17.7 Å². The Balaban J connectivity index is 2.36. The number of hydrogen-bond acceptors (Lipinski definition) is 5. The van der Waals surface area contributed by atoms with Gasteiger partial charge in [0.2, 0.25) is 0 Å². The van der Waals surface area contributed by atoms with Gasteiger partial charge in [0.05, 0.1) is 18.3 Å². The second kappa shape index (κ2) is 6.69. The van der Waals surface area contributed by atoms with Crippen molar-refractivity contribution in [2.75, 3.05) is 7.11 Å². The SMILES string of the molecule is COc1cc(O)c(/C=C/C(C)(C)O)c2oc(-c3ccccc3)cc(=O)c12. The number of phenolic OH excluding ortho intramolecular Hbond substituents is 1. The van der Waals surface area contributed by atoms with E-state index >= 15 is 0 Å². The van der Waals surface area contributed by atoms with E-state index < -0.39 is 5.60 Å². The largest absolute Gasteiger partial charge is 0.507 e. The molecule has 5 heteroatoms. The van der Waals surface area contributed by atoms with Gasteiger partial charge >= 0.3 is 0 Å². The van der Waals surface area contributed by atoms with Gasteiger partial charge in [-0.05, 0) is 19.9 Å². The van der Waals surface area contributed by atoms with E-state index in [-0.39, 0.29) is 27.9 Å². The summed E-state index contributed by atoms with van der Waals surface area (Å²) in [7, 11) is 1.42. The molecule has 0 spiro atoms. The Morgan fingerprint density at radius 2 is 1.85 bits per heavy atom. The topological polar surface area (TPSA) is 79.9 Å². The normalized spacial score (nSPS) is 12.0. The lowest BCUT2D eigenvalue weighted by Gasteiger charge is -2.13. The Bertz CT molecular complexity index is 1020. The molecule has 0 unspecified atom stereocenters. The fourth-order valence-corrected chi connectivity index (χ4v) is 2.66. The second-order valence-electron chi connectivity index (χ2n) is 6.54. The molecule has 0 fully saturated rings. The summed E-state index contributed by atoms with van der Waals surface area (Å²) in [6.45, 7) is 3.22. The van der Waals surface area contributed by atoms with Gasteiger partial charge in [0.1, 0.15) is 22.6 Å². The number of methoxy groups -OCH3 is 1. The highest BCUT2D eigenvalue weighted by atomic mass is 16.5. The molecule has 0 amide bonds. The molecule has 0 saturated carbocycles. The third-order valence-electron chi connectivity index (χ3n) is 3.92. The zero-order chi connectivity index (χ0) is 18.9. The Hall–Kier alpha value is -3.05. The monoisotopic (exact) mass is 352 g/mol. The van der Waals surface area contributed by atoms with E-state index in [2.05, 4.69) is 0 Å². The number of benzene rings is 2. The predicted molar refractivity (Wildman–Crippen MR) is 101 cm³/mol. The standard InChI is InChI=1S/C21H20O5/c1-21(2,24)10-9-14-15(22)11-18(25-3)19-16(23)12-17(26-20(14)19)13-7-5-4-6-8-13/h4-12,22,24H,1-3H3/b10-9+. The highest BCUT2D eigenvalue weighted by Crippen LogP contribution is 2.36. The molecule has 26 heavy (non-hydrogen) atoms. The molecule has 0 aliphatic heterocycles. The first-order valence-electron chi connectivity index (χ1n) is 8.15. The van der Waals surface area contributed by atoms with E-state index in [1.54, 1.807) is 13.8 Å². The summed E-state index contributed by atoms with van der Waals surface area (Å²) in [5.74, 6) is 0.503. The quantitative estimate of drug-likeness (QED) is 0.743. The number of hydrogen-bond donors (Lipinski definition) is 2. The lowest BCUT2D eigenvalue weighted by Crippen LogP contribution is -2.13. The number of aliphatic hydroxyl groups is 1. The Kier molecular flexibility index (Phi) is 4.57. The molecular weight excluding hydrogens is 332 g/mol. The van der Waals surface area contributed by atoms with Gasteiger partial charge in [0.15, 0.2) is 11.0 Å². The van der Waals surface area contributed by atoms with Crippen LogP contribution in [0.5, 0.6) is 11.5 Å². The van der Waals surface area contributed by atoms with Crippen LogP contribution >= 0.6 is 0 Å². The zero-order valence-electron chi connectivity index (χ0n) is 14.8. The summed E-state index contributed by atoms with van der Waals surface area (Å²) in [6.07, 6.45) is 3.05. The Morgan fingerprint density at radius 1 is 1.15 bits per heavy atom. The summed E-state index contributed by atoms with van der Waals surface area (Å²) >= 11 is 0. The van der Waals surface area contributed by atoms with E-state index in [4.69, 9.17) is 9.15 Å². The smallest absolute Gasteiger partial charge is 0.197 e. The van der Waals surface area contributed by atoms with Crippen molar-refractivity contribution in [2.45, 2.75) is 19.4 Å². The second-order valence-corrected chi connectivity index (χ2v) is 6.54. The van der Waals surface area contributed by atoms with Crippen molar-refractivity contribution < 1.29 is 19.4 Å². The maximum atomic E-state index is 12.7. The Morgan fingerprint density at radius 3 is 2.46 bits per heavy atom. The lowest BCUT2D eigenvalue weighted by atomic mass is 10.0. The van der Waals surface area contributed by atoms with E-state index in [0.717, 1.165) is 5.56 Å². The van der Waals surface area contributed by atoms with Crippen molar-refractivity contribution in [1.29, 1.82) is 0 Å². The van der Waals surface area contributed by atoms with Crippen LogP contribution in [0.3, 0.4) is 0 Å². The molecule has 0 radical (unpaired) electrons. The number of aromatic hydroxyl groups is 1. The summed E-state index contributed by atoms with van der Waals surface area (Å²) in [5.41, 5.74) is -0.117. The fraction of sp³-hybridized carbons (Fsp3) is 0.190. The minimum atomic E-state index is -1.09. The van der Waals surface area contributed by atoms with Crippen LogP contribution in [0.1, 0.15) is 19.4 Å². The van der Waals surface area contributed by atoms with Crippen LogP contribution in [0, 0.1) is 0 Å². The third kappa shape index (κ3) is 3.48. The highest BCUT2D eigenvalue weighted by molar-refractivity contribution is 5.94. The van der Waals surface area contributed by atoms with Crippen LogP contribution in [0.4, 0.5) is 0 Å². The molecule has 0 aliphatic carbocycles. The van der Waals surface area contributed by atoms with Crippen molar-refractivity contribution in [3.63, 3.8) is 0 Å². The molecule has 2 aromatic carbocycles. The lowest BCUT2D eigenvalue weighted by molar-refractivity contribution is 0.134. The molecule has 3 aromatic rings. The average Bonchev–Trinajstić information content (AvgIpc) is 2.59. The van der Waals surface area contributed by atoms with Crippen LogP contribution in [0.15, 0.2) is 57.8 Å². The first-order valence-corrected chi connectivity index (χ1v) is 8.15. The van der Waals surface area contributed by atoms with Gasteiger partial charge in [-0.15, -0.1) is 0 Å². The maximum absolute atomic E-state index is 12.7. The van der Waals surface area contributed by atoms with E-state index in [1.807, 2.05) is 30.3 Å². The van der Waals surface area contributed by atoms with Crippen LogP contribution < -0.4 is 10.2 Å². The van der Waals surface area contributed by atoms with Crippen LogP contribution in [0.25, 0.3) is 28.4 Å². The van der Waals surface area contributed by atoms with Crippen LogP contribution in [-0.2, 0) is 0 Å². The molecule has 0 bridgehead atoms.